The van der Waals surface area contributed by atoms with Crippen molar-refractivity contribution in [2.24, 2.45) is 0 Å². The summed E-state index contributed by atoms with van der Waals surface area (Å²) < 4.78 is 30.6. The van der Waals surface area contributed by atoms with Crippen molar-refractivity contribution in [3.8, 4) is 0 Å². The molecule has 1 aliphatic heterocycles. The van der Waals surface area contributed by atoms with E-state index in [-0.39, 0.29) is 26.4 Å². The van der Waals surface area contributed by atoms with Gasteiger partial charge in [0.15, 0.2) is 0 Å². The van der Waals surface area contributed by atoms with Crippen LogP contribution < -0.4 is 0 Å². The molecular formula is C17H28O8. The van der Waals surface area contributed by atoms with Crippen LogP contribution in [0.3, 0.4) is 0 Å². The second-order valence-electron chi connectivity index (χ2n) is 5.33. The molecule has 0 radical (unpaired) electrons. The molecule has 0 saturated carbocycles. The molecular weight excluding hydrogens is 332 g/mol. The first-order valence-corrected chi connectivity index (χ1v) is 8.68. The van der Waals surface area contributed by atoms with Gasteiger partial charge in [-0.05, 0) is 12.8 Å². The van der Waals surface area contributed by atoms with Gasteiger partial charge in [0.05, 0.1) is 13.2 Å². The van der Waals surface area contributed by atoms with Crippen LogP contribution in [0.15, 0.2) is 12.5 Å². The lowest BCUT2D eigenvalue weighted by atomic mass is 10.3. The molecule has 0 saturated heterocycles. The summed E-state index contributed by atoms with van der Waals surface area (Å²) in [5, 5.41) is 0. The van der Waals surface area contributed by atoms with Gasteiger partial charge in [-0.3, -0.25) is 0 Å². The summed E-state index contributed by atoms with van der Waals surface area (Å²) in [5.41, 5.74) is 0. The fraction of sp³-hybridized carbons (Fsp3) is 0.765. The van der Waals surface area contributed by atoms with Gasteiger partial charge < -0.3 is 28.4 Å². The second kappa shape index (κ2) is 12.5. The maximum absolute atomic E-state index is 12.2. The van der Waals surface area contributed by atoms with Crippen molar-refractivity contribution in [2.45, 2.75) is 45.3 Å². The molecule has 1 aliphatic rings. The molecule has 0 fully saturated rings. The summed E-state index contributed by atoms with van der Waals surface area (Å²) >= 11 is 0. The van der Waals surface area contributed by atoms with Crippen molar-refractivity contribution in [1.29, 1.82) is 0 Å². The molecule has 0 aliphatic carbocycles. The van der Waals surface area contributed by atoms with E-state index in [1.807, 2.05) is 0 Å². The lowest BCUT2D eigenvalue weighted by Crippen LogP contribution is -2.50. The van der Waals surface area contributed by atoms with Crippen LogP contribution in [0.4, 0.5) is 0 Å². The Labute approximate surface area is 148 Å². The molecule has 0 spiro atoms. The van der Waals surface area contributed by atoms with Crippen LogP contribution >= 0.6 is 0 Å². The molecule has 0 bridgehead atoms. The third-order valence-corrected chi connectivity index (χ3v) is 3.27. The molecule has 0 N–H and O–H groups in total. The number of esters is 2. The SMILES string of the molecule is CCCCOCCOC(=O)C1(C(=O)OCCOCCCC)OC=CO1. The van der Waals surface area contributed by atoms with E-state index in [4.69, 9.17) is 28.4 Å². The first-order chi connectivity index (χ1) is 12.2. The molecule has 1 heterocycles. The Kier molecular flexibility index (Phi) is 10.7. The molecule has 25 heavy (non-hydrogen) atoms. The van der Waals surface area contributed by atoms with E-state index in [0.29, 0.717) is 13.2 Å². The van der Waals surface area contributed by atoms with E-state index in [0.717, 1.165) is 38.2 Å². The third-order valence-electron chi connectivity index (χ3n) is 3.27. The highest BCUT2D eigenvalue weighted by Gasteiger charge is 2.56. The highest BCUT2D eigenvalue weighted by Crippen LogP contribution is 2.24. The van der Waals surface area contributed by atoms with E-state index in [1.165, 1.54) is 0 Å². The Morgan fingerprint density at radius 2 is 1.20 bits per heavy atom. The first-order valence-electron chi connectivity index (χ1n) is 8.68. The van der Waals surface area contributed by atoms with E-state index in [9.17, 15) is 9.59 Å². The van der Waals surface area contributed by atoms with Gasteiger partial charge in [0, 0.05) is 13.2 Å². The van der Waals surface area contributed by atoms with Gasteiger partial charge in [-0.1, -0.05) is 26.7 Å². The number of hydrogen-bond donors (Lipinski definition) is 0. The molecule has 0 unspecified atom stereocenters. The smallest absolute Gasteiger partial charge is 0.452 e. The summed E-state index contributed by atoms with van der Waals surface area (Å²) in [4.78, 5) is 24.3. The fourth-order valence-electron chi connectivity index (χ4n) is 1.82. The summed E-state index contributed by atoms with van der Waals surface area (Å²) in [5.74, 6) is -4.20. The minimum atomic E-state index is -2.24. The first kappa shape index (κ1) is 21.2. The van der Waals surface area contributed by atoms with Crippen LogP contribution in [0.25, 0.3) is 0 Å². The zero-order valence-electron chi connectivity index (χ0n) is 15.0. The Morgan fingerprint density at radius 3 is 1.60 bits per heavy atom. The Balaban J connectivity index is 2.33. The Morgan fingerprint density at radius 1 is 0.760 bits per heavy atom. The van der Waals surface area contributed by atoms with Crippen LogP contribution in [0, 0.1) is 0 Å². The number of carbonyl (C=O) groups excluding carboxylic acids is 2. The minimum Gasteiger partial charge on any atom is -0.457 e. The van der Waals surface area contributed by atoms with E-state index < -0.39 is 17.7 Å². The molecule has 0 aromatic carbocycles. The monoisotopic (exact) mass is 360 g/mol. The Hall–Kier alpha value is -1.80. The van der Waals surface area contributed by atoms with Crippen molar-refractivity contribution in [2.75, 3.05) is 39.6 Å². The number of rotatable bonds is 14. The Bertz CT molecular complexity index is 383. The average Bonchev–Trinajstić information content (AvgIpc) is 3.12. The van der Waals surface area contributed by atoms with Crippen LogP contribution in [0.1, 0.15) is 39.5 Å². The lowest BCUT2D eigenvalue weighted by molar-refractivity contribution is -0.218. The van der Waals surface area contributed by atoms with Crippen molar-refractivity contribution in [3.05, 3.63) is 12.5 Å². The average molecular weight is 360 g/mol. The van der Waals surface area contributed by atoms with Crippen molar-refractivity contribution in [1.82, 2.24) is 0 Å². The van der Waals surface area contributed by atoms with Crippen LogP contribution in [-0.4, -0.2) is 57.4 Å². The van der Waals surface area contributed by atoms with E-state index in [1.54, 1.807) is 0 Å². The summed E-state index contributed by atoms with van der Waals surface area (Å²) in [7, 11) is 0. The predicted molar refractivity (Wildman–Crippen MR) is 87.4 cm³/mol. The summed E-state index contributed by atoms with van der Waals surface area (Å²) in [6.07, 6.45) is 6.09. The maximum Gasteiger partial charge on any atom is 0.452 e. The van der Waals surface area contributed by atoms with Gasteiger partial charge in [-0.15, -0.1) is 0 Å². The molecule has 0 aromatic rings. The highest BCUT2D eigenvalue weighted by atomic mass is 16.8. The van der Waals surface area contributed by atoms with Crippen molar-refractivity contribution < 1.29 is 38.0 Å². The maximum atomic E-state index is 12.2. The highest BCUT2D eigenvalue weighted by molar-refractivity contribution is 6.02. The molecule has 0 atom stereocenters. The largest absolute Gasteiger partial charge is 0.457 e. The van der Waals surface area contributed by atoms with E-state index in [2.05, 4.69) is 13.8 Å². The van der Waals surface area contributed by atoms with Gasteiger partial charge in [0.1, 0.15) is 25.7 Å². The lowest BCUT2D eigenvalue weighted by Gasteiger charge is -2.23. The second-order valence-corrected chi connectivity index (χ2v) is 5.33. The fourth-order valence-corrected chi connectivity index (χ4v) is 1.82. The predicted octanol–water partition coefficient (Wildman–Crippen LogP) is 1.92. The molecule has 0 amide bonds. The summed E-state index contributed by atoms with van der Waals surface area (Å²) in [6.45, 7) is 5.73. The summed E-state index contributed by atoms with van der Waals surface area (Å²) in [6, 6.07) is 0. The van der Waals surface area contributed by atoms with Crippen LogP contribution in [-0.2, 0) is 38.0 Å². The zero-order valence-corrected chi connectivity index (χ0v) is 15.0. The number of hydrogen-bond acceptors (Lipinski definition) is 8. The molecule has 0 aromatic heterocycles. The number of carbonyl (C=O) groups is 2. The normalized spacial score (nSPS) is 14.6. The van der Waals surface area contributed by atoms with Crippen molar-refractivity contribution in [3.63, 3.8) is 0 Å². The molecule has 144 valence electrons. The van der Waals surface area contributed by atoms with Crippen molar-refractivity contribution >= 4 is 11.9 Å². The molecule has 8 heteroatoms. The number of ether oxygens (including phenoxy) is 6. The zero-order chi connectivity index (χ0) is 18.4. The molecule has 8 nitrogen and oxygen atoms in total. The van der Waals surface area contributed by atoms with Crippen LogP contribution in [0.5, 0.6) is 0 Å². The third kappa shape index (κ3) is 7.31. The van der Waals surface area contributed by atoms with Gasteiger partial charge in [-0.2, -0.15) is 0 Å². The quantitative estimate of drug-likeness (QED) is 0.264. The van der Waals surface area contributed by atoms with Gasteiger partial charge in [0.25, 0.3) is 0 Å². The molecule has 1 rings (SSSR count). The number of unbranched alkanes of at least 4 members (excludes halogenated alkanes) is 2. The standard InChI is InChI=1S/C17H28O8/c1-3-5-7-20-9-11-22-15(18)17(24-13-14-25-17)16(19)23-12-10-21-8-6-4-2/h13-14H,3-12H2,1-2H3. The van der Waals surface area contributed by atoms with Crippen LogP contribution in [0.2, 0.25) is 0 Å². The minimum absolute atomic E-state index is 0.00950. The topological polar surface area (TPSA) is 89.5 Å². The van der Waals surface area contributed by atoms with Gasteiger partial charge >= 0.3 is 17.7 Å². The van der Waals surface area contributed by atoms with E-state index >= 15 is 0 Å². The van der Waals surface area contributed by atoms with Gasteiger partial charge in [0.2, 0.25) is 0 Å². The van der Waals surface area contributed by atoms with Gasteiger partial charge in [-0.25, -0.2) is 9.59 Å².